The van der Waals surface area contributed by atoms with E-state index in [-0.39, 0.29) is 0 Å². The third kappa shape index (κ3) is 1.90. The van der Waals surface area contributed by atoms with Crippen molar-refractivity contribution in [3.63, 3.8) is 0 Å². The zero-order valence-electron chi connectivity index (χ0n) is 8.68. The molecule has 0 bridgehead atoms. The van der Waals surface area contributed by atoms with Crippen LogP contribution in [-0.2, 0) is 6.42 Å². The summed E-state index contributed by atoms with van der Waals surface area (Å²) in [7, 11) is 0. The average molecular weight is 228 g/mol. The summed E-state index contributed by atoms with van der Waals surface area (Å²) in [4.78, 5) is 0. The van der Waals surface area contributed by atoms with Crippen LogP contribution in [0.4, 0.5) is 0 Å². The van der Waals surface area contributed by atoms with Crippen molar-refractivity contribution in [2.75, 3.05) is 19.8 Å². The lowest BCUT2D eigenvalue weighted by Gasteiger charge is -2.22. The Morgan fingerprint density at radius 3 is 2.87 bits per heavy atom. The quantitative estimate of drug-likeness (QED) is 0.840. The highest BCUT2D eigenvalue weighted by atomic mass is 35.5. The van der Waals surface area contributed by atoms with Crippen LogP contribution in [0.3, 0.4) is 0 Å². The molecule has 1 aromatic rings. The Balaban J connectivity index is 2.49. The third-order valence-electron chi connectivity index (χ3n) is 2.49. The minimum absolute atomic E-state index is 0.553. The number of nitrogens with two attached hydrogens (primary N) is 1. The predicted octanol–water partition coefficient (Wildman–Crippen LogP) is 1.92. The molecule has 1 heterocycles. The molecular weight excluding hydrogens is 214 g/mol. The summed E-state index contributed by atoms with van der Waals surface area (Å²) in [6.45, 7) is 3.73. The summed E-state index contributed by atoms with van der Waals surface area (Å²) in [6, 6.07) is 1.96. The van der Waals surface area contributed by atoms with Crippen LogP contribution < -0.4 is 15.2 Å². The van der Waals surface area contributed by atoms with Gasteiger partial charge in [-0.1, -0.05) is 11.6 Å². The van der Waals surface area contributed by atoms with Crippen molar-refractivity contribution in [2.45, 2.75) is 13.3 Å². The van der Waals surface area contributed by atoms with Crippen molar-refractivity contribution in [1.82, 2.24) is 0 Å². The summed E-state index contributed by atoms with van der Waals surface area (Å²) in [5.41, 5.74) is 7.71. The van der Waals surface area contributed by atoms with E-state index >= 15 is 0 Å². The molecule has 0 saturated carbocycles. The second-order valence-electron chi connectivity index (χ2n) is 3.55. The first-order valence-corrected chi connectivity index (χ1v) is 5.39. The van der Waals surface area contributed by atoms with Gasteiger partial charge in [-0.15, -0.1) is 0 Å². The minimum Gasteiger partial charge on any atom is -0.486 e. The molecule has 0 aliphatic carbocycles. The molecule has 0 aromatic heterocycles. The maximum absolute atomic E-state index is 6.25. The monoisotopic (exact) mass is 227 g/mol. The Morgan fingerprint density at radius 2 is 2.13 bits per heavy atom. The SMILES string of the molecule is Cc1cc2c(c(Cl)c1CCN)OCCO2. The smallest absolute Gasteiger partial charge is 0.180 e. The average Bonchev–Trinajstić information content (AvgIpc) is 2.24. The maximum Gasteiger partial charge on any atom is 0.180 e. The lowest BCUT2D eigenvalue weighted by molar-refractivity contribution is 0.171. The molecule has 0 radical (unpaired) electrons. The van der Waals surface area contributed by atoms with E-state index in [0.29, 0.717) is 30.5 Å². The Bertz CT molecular complexity index is 379. The van der Waals surface area contributed by atoms with Crippen LogP contribution in [-0.4, -0.2) is 19.8 Å². The number of hydrogen-bond donors (Lipinski definition) is 1. The highest BCUT2D eigenvalue weighted by Crippen LogP contribution is 2.41. The largest absolute Gasteiger partial charge is 0.486 e. The summed E-state index contributed by atoms with van der Waals surface area (Å²) < 4.78 is 11.0. The second-order valence-corrected chi connectivity index (χ2v) is 3.93. The topological polar surface area (TPSA) is 44.5 Å². The van der Waals surface area contributed by atoms with Gasteiger partial charge in [-0.3, -0.25) is 0 Å². The van der Waals surface area contributed by atoms with Crippen molar-refractivity contribution < 1.29 is 9.47 Å². The van der Waals surface area contributed by atoms with Crippen molar-refractivity contribution in [2.24, 2.45) is 5.73 Å². The highest BCUT2D eigenvalue weighted by Gasteiger charge is 2.19. The van der Waals surface area contributed by atoms with Gasteiger partial charge in [0.25, 0.3) is 0 Å². The van der Waals surface area contributed by atoms with E-state index in [4.69, 9.17) is 26.8 Å². The lowest BCUT2D eigenvalue weighted by Crippen LogP contribution is -2.17. The van der Waals surface area contributed by atoms with Gasteiger partial charge in [-0.2, -0.15) is 0 Å². The van der Waals surface area contributed by atoms with Gasteiger partial charge in [-0.25, -0.2) is 0 Å². The van der Waals surface area contributed by atoms with Crippen molar-refractivity contribution in [3.05, 3.63) is 22.2 Å². The molecule has 0 atom stereocenters. The van der Waals surface area contributed by atoms with E-state index in [1.807, 2.05) is 13.0 Å². The van der Waals surface area contributed by atoms with Crippen LogP contribution in [0, 0.1) is 6.92 Å². The zero-order chi connectivity index (χ0) is 10.8. The maximum atomic E-state index is 6.25. The molecule has 4 heteroatoms. The van der Waals surface area contributed by atoms with E-state index in [2.05, 4.69) is 0 Å². The molecule has 82 valence electrons. The molecule has 2 N–H and O–H groups in total. The first kappa shape index (κ1) is 10.6. The molecule has 3 nitrogen and oxygen atoms in total. The van der Waals surface area contributed by atoms with E-state index in [1.54, 1.807) is 0 Å². The van der Waals surface area contributed by atoms with Crippen LogP contribution in [0.15, 0.2) is 6.07 Å². The standard InChI is InChI=1S/C11H14ClNO2/c1-7-6-9-11(15-5-4-14-9)10(12)8(7)2-3-13/h6H,2-5,13H2,1H3. The predicted molar refractivity (Wildman–Crippen MR) is 59.9 cm³/mol. The molecule has 0 fully saturated rings. The molecule has 1 aliphatic rings. The van der Waals surface area contributed by atoms with E-state index in [0.717, 1.165) is 23.3 Å². The van der Waals surface area contributed by atoms with Gasteiger partial charge in [0.15, 0.2) is 11.5 Å². The number of aryl methyl sites for hydroxylation is 1. The van der Waals surface area contributed by atoms with E-state index in [1.165, 1.54) is 0 Å². The van der Waals surface area contributed by atoms with Gasteiger partial charge in [-0.05, 0) is 37.1 Å². The Hall–Kier alpha value is -0.930. The van der Waals surface area contributed by atoms with Crippen LogP contribution in [0.1, 0.15) is 11.1 Å². The molecule has 1 aromatic carbocycles. The zero-order valence-corrected chi connectivity index (χ0v) is 9.43. The number of halogens is 1. The summed E-state index contributed by atoms with van der Waals surface area (Å²) in [5.74, 6) is 1.40. The molecule has 2 rings (SSSR count). The van der Waals surface area contributed by atoms with Crippen LogP contribution >= 0.6 is 11.6 Å². The first-order valence-electron chi connectivity index (χ1n) is 5.01. The molecule has 1 aliphatic heterocycles. The third-order valence-corrected chi connectivity index (χ3v) is 2.89. The number of hydrogen-bond acceptors (Lipinski definition) is 3. The molecule has 0 spiro atoms. The summed E-state index contributed by atoms with van der Waals surface area (Å²) >= 11 is 6.25. The normalized spacial score (nSPS) is 14.1. The Kier molecular flexibility index (Phi) is 3.03. The van der Waals surface area contributed by atoms with Crippen LogP contribution in [0.5, 0.6) is 11.5 Å². The fourth-order valence-corrected chi connectivity index (χ4v) is 2.15. The molecule has 0 unspecified atom stereocenters. The fraction of sp³-hybridized carbons (Fsp3) is 0.455. The molecule has 0 amide bonds. The summed E-state index contributed by atoms with van der Waals surface area (Å²) in [5, 5.41) is 0.648. The number of benzene rings is 1. The number of rotatable bonds is 2. The van der Waals surface area contributed by atoms with Gasteiger partial charge in [0.05, 0.1) is 5.02 Å². The van der Waals surface area contributed by atoms with Crippen LogP contribution in [0.2, 0.25) is 5.02 Å². The molecule has 15 heavy (non-hydrogen) atoms. The fourth-order valence-electron chi connectivity index (χ4n) is 1.76. The molecule has 0 saturated heterocycles. The molecular formula is C11H14ClNO2. The summed E-state index contributed by atoms with van der Waals surface area (Å²) in [6.07, 6.45) is 0.765. The van der Waals surface area contributed by atoms with Gasteiger partial charge in [0.2, 0.25) is 0 Å². The lowest BCUT2D eigenvalue weighted by atomic mass is 10.0. The number of fused-ring (bicyclic) bond motifs is 1. The highest BCUT2D eigenvalue weighted by molar-refractivity contribution is 6.33. The van der Waals surface area contributed by atoms with Gasteiger partial charge >= 0.3 is 0 Å². The van der Waals surface area contributed by atoms with Gasteiger partial charge < -0.3 is 15.2 Å². The van der Waals surface area contributed by atoms with E-state index in [9.17, 15) is 0 Å². The van der Waals surface area contributed by atoms with E-state index < -0.39 is 0 Å². The van der Waals surface area contributed by atoms with Crippen molar-refractivity contribution in [3.8, 4) is 11.5 Å². The number of ether oxygens (including phenoxy) is 2. The second kappa shape index (κ2) is 4.29. The van der Waals surface area contributed by atoms with Gasteiger partial charge in [0.1, 0.15) is 13.2 Å². The Labute approximate surface area is 94.1 Å². The van der Waals surface area contributed by atoms with Crippen LogP contribution in [0.25, 0.3) is 0 Å². The Morgan fingerprint density at radius 1 is 1.40 bits per heavy atom. The first-order chi connectivity index (χ1) is 7.24. The van der Waals surface area contributed by atoms with Crippen molar-refractivity contribution in [1.29, 1.82) is 0 Å². The van der Waals surface area contributed by atoms with Gasteiger partial charge in [0, 0.05) is 0 Å². The minimum atomic E-state index is 0.553. The van der Waals surface area contributed by atoms with Crippen molar-refractivity contribution >= 4 is 11.6 Å².